The first-order chi connectivity index (χ1) is 13.2. The second-order valence-electron chi connectivity index (χ2n) is 5.67. The second kappa shape index (κ2) is 7.09. The largest absolute Gasteiger partial charge is 0.459 e. The molecule has 4 aromatic rings. The van der Waals surface area contributed by atoms with E-state index in [0.29, 0.717) is 27.9 Å². The van der Waals surface area contributed by atoms with Crippen LogP contribution in [0.2, 0.25) is 0 Å². The van der Waals surface area contributed by atoms with Gasteiger partial charge < -0.3 is 4.42 Å². The molecule has 0 saturated heterocycles. The zero-order valence-electron chi connectivity index (χ0n) is 14.0. The normalized spacial score (nSPS) is 10.5. The predicted molar refractivity (Wildman–Crippen MR) is 98.6 cm³/mol. The molecule has 4 rings (SSSR count). The van der Waals surface area contributed by atoms with E-state index >= 15 is 0 Å². The van der Waals surface area contributed by atoms with Gasteiger partial charge in [-0.3, -0.25) is 25.4 Å². The fourth-order valence-electron chi connectivity index (χ4n) is 2.66. The number of fused-ring (bicyclic) bond motifs is 1. The van der Waals surface area contributed by atoms with Crippen LogP contribution >= 0.6 is 0 Å². The van der Waals surface area contributed by atoms with Crippen molar-refractivity contribution >= 4 is 22.7 Å². The Bertz CT molecular complexity index is 1110. The minimum absolute atomic E-state index is 0.101. The number of hydrogen-bond donors (Lipinski definition) is 2. The molecule has 0 atom stereocenters. The molecule has 2 N–H and O–H groups in total. The van der Waals surface area contributed by atoms with Crippen molar-refractivity contribution in [2.24, 2.45) is 0 Å². The third-order valence-corrected chi connectivity index (χ3v) is 3.92. The molecule has 3 heterocycles. The summed E-state index contributed by atoms with van der Waals surface area (Å²) in [7, 11) is 0. The number of nitrogens with one attached hydrogen (secondary N) is 2. The average molecular weight is 358 g/mol. The number of hydrogen-bond acceptors (Lipinski definition) is 5. The Morgan fingerprint density at radius 1 is 0.852 bits per heavy atom. The van der Waals surface area contributed by atoms with Gasteiger partial charge >= 0.3 is 5.91 Å². The minimum Gasteiger partial charge on any atom is -0.459 e. The maximum Gasteiger partial charge on any atom is 0.305 e. The fraction of sp³-hybridized carbons (Fsp3) is 0. The summed E-state index contributed by atoms with van der Waals surface area (Å²) < 4.78 is 5.00. The van der Waals surface area contributed by atoms with E-state index in [1.165, 1.54) is 12.3 Å². The highest BCUT2D eigenvalue weighted by Gasteiger charge is 2.16. The molecule has 0 aliphatic heterocycles. The van der Waals surface area contributed by atoms with Gasteiger partial charge in [-0.2, -0.15) is 0 Å². The van der Waals surface area contributed by atoms with E-state index in [4.69, 9.17) is 4.42 Å². The van der Waals surface area contributed by atoms with Crippen LogP contribution in [-0.4, -0.2) is 21.8 Å². The monoisotopic (exact) mass is 358 g/mol. The molecule has 0 fully saturated rings. The summed E-state index contributed by atoms with van der Waals surface area (Å²) in [5.74, 6) is -0.911. The maximum atomic E-state index is 12.7. The number of amides is 2. The van der Waals surface area contributed by atoms with Crippen molar-refractivity contribution in [3.8, 4) is 11.4 Å². The van der Waals surface area contributed by atoms with Gasteiger partial charge in [-0.15, -0.1) is 0 Å². The Kier molecular flexibility index (Phi) is 4.32. The number of rotatable bonds is 3. The highest BCUT2D eigenvalue weighted by molar-refractivity contribution is 6.07. The van der Waals surface area contributed by atoms with Crippen LogP contribution in [0.25, 0.3) is 22.3 Å². The zero-order chi connectivity index (χ0) is 18.6. The number of hydrazine groups is 1. The number of aromatic nitrogens is 2. The summed E-state index contributed by atoms with van der Waals surface area (Å²) in [6, 6.07) is 17.5. The van der Waals surface area contributed by atoms with Crippen molar-refractivity contribution in [3.63, 3.8) is 0 Å². The first-order valence-electron chi connectivity index (χ1n) is 8.18. The number of para-hydroxylation sites is 1. The number of benzene rings is 1. The average Bonchev–Trinajstić information content (AvgIpc) is 3.26. The SMILES string of the molecule is O=C(NNC(=O)c1cc(-c2ccccn2)nc2ccccc12)c1ccco1. The zero-order valence-corrected chi connectivity index (χ0v) is 14.0. The van der Waals surface area contributed by atoms with E-state index in [9.17, 15) is 9.59 Å². The van der Waals surface area contributed by atoms with Crippen LogP contribution in [0.1, 0.15) is 20.9 Å². The lowest BCUT2D eigenvalue weighted by Gasteiger charge is -2.10. The van der Waals surface area contributed by atoms with E-state index in [0.717, 1.165) is 0 Å². The molecule has 0 spiro atoms. The van der Waals surface area contributed by atoms with Crippen LogP contribution < -0.4 is 10.9 Å². The summed E-state index contributed by atoms with van der Waals surface area (Å²) in [6.07, 6.45) is 3.04. The lowest BCUT2D eigenvalue weighted by Crippen LogP contribution is -2.41. The fourth-order valence-corrected chi connectivity index (χ4v) is 2.66. The van der Waals surface area contributed by atoms with Crippen molar-refractivity contribution in [3.05, 3.63) is 84.4 Å². The Balaban J connectivity index is 1.67. The van der Waals surface area contributed by atoms with Gasteiger partial charge in [-0.1, -0.05) is 24.3 Å². The van der Waals surface area contributed by atoms with Crippen molar-refractivity contribution in [1.29, 1.82) is 0 Å². The van der Waals surface area contributed by atoms with Crippen LogP contribution in [-0.2, 0) is 0 Å². The molecule has 1 aromatic carbocycles. The van der Waals surface area contributed by atoms with Gasteiger partial charge in [-0.05, 0) is 36.4 Å². The first-order valence-corrected chi connectivity index (χ1v) is 8.18. The third kappa shape index (κ3) is 3.38. The number of carbonyl (C=O) groups excluding carboxylic acids is 2. The number of pyridine rings is 2. The van der Waals surface area contributed by atoms with E-state index < -0.39 is 11.8 Å². The molecule has 0 bridgehead atoms. The molecule has 132 valence electrons. The minimum atomic E-state index is -0.545. The van der Waals surface area contributed by atoms with Gasteiger partial charge in [0.25, 0.3) is 5.91 Å². The molecule has 0 unspecified atom stereocenters. The van der Waals surface area contributed by atoms with E-state index in [1.54, 1.807) is 24.4 Å². The Morgan fingerprint density at radius 2 is 1.67 bits per heavy atom. The highest BCUT2D eigenvalue weighted by Crippen LogP contribution is 2.23. The van der Waals surface area contributed by atoms with Gasteiger partial charge in [0.2, 0.25) is 0 Å². The summed E-state index contributed by atoms with van der Waals surface area (Å²) in [5.41, 5.74) is 7.00. The van der Waals surface area contributed by atoms with Crippen LogP contribution in [0.3, 0.4) is 0 Å². The Labute approximate surface area is 154 Å². The predicted octanol–water partition coefficient (Wildman–Crippen LogP) is 2.96. The van der Waals surface area contributed by atoms with E-state index in [-0.39, 0.29) is 5.76 Å². The molecule has 0 aliphatic rings. The summed E-state index contributed by atoms with van der Waals surface area (Å²) >= 11 is 0. The Morgan fingerprint density at radius 3 is 2.44 bits per heavy atom. The summed E-state index contributed by atoms with van der Waals surface area (Å²) in [4.78, 5) is 33.5. The molecule has 0 aliphatic carbocycles. The van der Waals surface area contributed by atoms with Crippen LogP contribution in [0.4, 0.5) is 0 Å². The molecule has 7 nitrogen and oxygen atoms in total. The molecular formula is C20H14N4O3. The Hall–Kier alpha value is -4.00. The van der Waals surface area contributed by atoms with Gasteiger partial charge in [0.05, 0.1) is 28.7 Å². The number of nitrogens with zero attached hydrogens (tertiary/aromatic N) is 2. The summed E-state index contributed by atoms with van der Waals surface area (Å²) in [6.45, 7) is 0. The highest BCUT2D eigenvalue weighted by atomic mass is 16.3. The topological polar surface area (TPSA) is 97.1 Å². The lowest BCUT2D eigenvalue weighted by molar-refractivity contribution is 0.0831. The van der Waals surface area contributed by atoms with Gasteiger partial charge in [-0.25, -0.2) is 4.98 Å². The number of furan rings is 1. The molecule has 0 radical (unpaired) electrons. The maximum absolute atomic E-state index is 12.7. The third-order valence-electron chi connectivity index (χ3n) is 3.92. The van der Waals surface area contributed by atoms with Gasteiger partial charge in [0.1, 0.15) is 0 Å². The summed E-state index contributed by atoms with van der Waals surface area (Å²) in [5, 5.41) is 0.668. The van der Waals surface area contributed by atoms with Gasteiger partial charge in [0.15, 0.2) is 5.76 Å². The van der Waals surface area contributed by atoms with Crippen LogP contribution in [0.15, 0.2) is 77.5 Å². The van der Waals surface area contributed by atoms with Crippen molar-refractivity contribution in [1.82, 2.24) is 20.8 Å². The van der Waals surface area contributed by atoms with E-state index in [1.807, 2.05) is 36.4 Å². The first kappa shape index (κ1) is 16.5. The number of carbonyl (C=O) groups is 2. The van der Waals surface area contributed by atoms with Crippen LogP contribution in [0.5, 0.6) is 0 Å². The van der Waals surface area contributed by atoms with Crippen molar-refractivity contribution < 1.29 is 14.0 Å². The molecule has 0 saturated carbocycles. The second-order valence-corrected chi connectivity index (χ2v) is 5.67. The smallest absolute Gasteiger partial charge is 0.305 e. The molecule has 2 amide bonds. The molecule has 7 heteroatoms. The standard InChI is InChI=1S/C20H14N4O3/c25-19(23-24-20(26)18-9-5-11-27-18)14-12-17(16-8-3-4-10-21-16)22-15-7-2-1-6-13(14)15/h1-12H,(H,23,25)(H,24,26). The molecular weight excluding hydrogens is 344 g/mol. The van der Waals surface area contributed by atoms with Gasteiger partial charge in [0, 0.05) is 11.6 Å². The quantitative estimate of drug-likeness (QED) is 0.549. The lowest BCUT2D eigenvalue weighted by atomic mass is 10.1. The molecule has 3 aromatic heterocycles. The van der Waals surface area contributed by atoms with Crippen molar-refractivity contribution in [2.75, 3.05) is 0 Å². The molecule has 27 heavy (non-hydrogen) atoms. The van der Waals surface area contributed by atoms with Crippen LogP contribution in [0, 0.1) is 0 Å². The van der Waals surface area contributed by atoms with E-state index in [2.05, 4.69) is 20.8 Å². The van der Waals surface area contributed by atoms with Crippen molar-refractivity contribution in [2.45, 2.75) is 0 Å².